The van der Waals surface area contributed by atoms with Gasteiger partial charge in [-0.1, -0.05) is 38.4 Å². The third-order valence-electron chi connectivity index (χ3n) is 2.07. The van der Waals surface area contributed by atoms with Gasteiger partial charge >= 0.3 is 5.97 Å². The number of hydrogen-bond acceptors (Lipinski definition) is 3. The molecular weight excluding hydrogens is 216 g/mol. The van der Waals surface area contributed by atoms with E-state index < -0.39 is 5.97 Å². The Morgan fingerprint density at radius 3 is 2.47 bits per heavy atom. The fraction of sp³-hybridized carbons (Fsp3) is 0.364. The Hall–Kier alpha value is -1.06. The van der Waals surface area contributed by atoms with E-state index in [4.69, 9.17) is 16.9 Å². The average Bonchev–Trinajstić information content (AvgIpc) is 2.14. The Morgan fingerprint density at radius 1 is 1.40 bits per heavy atom. The van der Waals surface area contributed by atoms with Crippen LogP contribution in [-0.4, -0.2) is 11.2 Å². The van der Waals surface area contributed by atoms with Crippen LogP contribution in [0.2, 0.25) is 5.02 Å². The molecule has 0 aliphatic carbocycles. The first-order valence-corrected chi connectivity index (χ1v) is 4.90. The van der Waals surface area contributed by atoms with E-state index in [-0.39, 0.29) is 11.0 Å². The standard InChI is InChI=1S/C11H13ClO3/c1-11(2,3)9-7(10(13)15-14)5-4-6-8(9)12/h4-6,14H,1-3H3. The van der Waals surface area contributed by atoms with Crippen molar-refractivity contribution >= 4 is 17.6 Å². The highest BCUT2D eigenvalue weighted by atomic mass is 35.5. The summed E-state index contributed by atoms with van der Waals surface area (Å²) in [6, 6.07) is 4.92. The first kappa shape index (κ1) is 12.0. The van der Waals surface area contributed by atoms with Crippen LogP contribution in [0.15, 0.2) is 18.2 Å². The molecule has 0 aliphatic heterocycles. The molecule has 0 saturated carbocycles. The van der Waals surface area contributed by atoms with Crippen molar-refractivity contribution in [2.24, 2.45) is 0 Å². The summed E-state index contributed by atoms with van der Waals surface area (Å²) in [5.74, 6) is -0.789. The maximum Gasteiger partial charge on any atom is 0.373 e. The van der Waals surface area contributed by atoms with E-state index in [1.165, 1.54) is 0 Å². The van der Waals surface area contributed by atoms with Gasteiger partial charge < -0.3 is 0 Å². The van der Waals surface area contributed by atoms with Crippen LogP contribution < -0.4 is 0 Å². The lowest BCUT2D eigenvalue weighted by molar-refractivity contribution is -0.182. The molecule has 3 nitrogen and oxygen atoms in total. The highest BCUT2D eigenvalue weighted by Gasteiger charge is 2.25. The topological polar surface area (TPSA) is 46.5 Å². The number of rotatable bonds is 1. The van der Waals surface area contributed by atoms with Crippen LogP contribution in [0, 0.1) is 0 Å². The molecule has 0 heterocycles. The second kappa shape index (κ2) is 4.21. The van der Waals surface area contributed by atoms with Gasteiger partial charge in [0.1, 0.15) is 0 Å². The van der Waals surface area contributed by atoms with Crippen molar-refractivity contribution in [3.63, 3.8) is 0 Å². The number of benzene rings is 1. The van der Waals surface area contributed by atoms with Crippen molar-refractivity contribution in [2.45, 2.75) is 26.2 Å². The van der Waals surface area contributed by atoms with Crippen molar-refractivity contribution in [1.82, 2.24) is 0 Å². The molecule has 82 valence electrons. The predicted octanol–water partition coefficient (Wildman–Crippen LogP) is 3.27. The van der Waals surface area contributed by atoms with Crippen molar-refractivity contribution in [1.29, 1.82) is 0 Å². The SMILES string of the molecule is CC(C)(C)c1c(Cl)cccc1C(=O)OO. The molecular formula is C11H13ClO3. The van der Waals surface area contributed by atoms with Crippen LogP contribution in [0.4, 0.5) is 0 Å². The molecule has 0 unspecified atom stereocenters. The molecule has 1 aromatic rings. The van der Waals surface area contributed by atoms with Gasteiger partial charge in [-0.25, -0.2) is 4.79 Å². The molecule has 0 aromatic heterocycles. The second-order valence-corrected chi connectivity index (χ2v) is 4.70. The van der Waals surface area contributed by atoms with E-state index >= 15 is 0 Å². The van der Waals surface area contributed by atoms with Gasteiger partial charge in [-0.05, 0) is 23.1 Å². The number of carbonyl (C=O) groups is 1. The second-order valence-electron chi connectivity index (χ2n) is 4.29. The summed E-state index contributed by atoms with van der Waals surface area (Å²) in [4.78, 5) is 15.0. The summed E-state index contributed by atoms with van der Waals surface area (Å²) in [5, 5.41) is 8.87. The van der Waals surface area contributed by atoms with E-state index in [9.17, 15) is 4.79 Å². The zero-order chi connectivity index (χ0) is 11.6. The van der Waals surface area contributed by atoms with Gasteiger partial charge in [0.25, 0.3) is 0 Å². The van der Waals surface area contributed by atoms with E-state index in [0.29, 0.717) is 10.6 Å². The predicted molar refractivity (Wildman–Crippen MR) is 58.2 cm³/mol. The molecule has 0 amide bonds. The Labute approximate surface area is 93.6 Å². The highest BCUT2D eigenvalue weighted by molar-refractivity contribution is 6.32. The molecule has 1 N–H and O–H groups in total. The third kappa shape index (κ3) is 2.49. The third-order valence-corrected chi connectivity index (χ3v) is 2.38. The minimum Gasteiger partial charge on any atom is -0.295 e. The normalized spacial score (nSPS) is 11.3. The summed E-state index contributed by atoms with van der Waals surface area (Å²) in [6.07, 6.45) is 0. The van der Waals surface area contributed by atoms with Crippen LogP contribution in [0.3, 0.4) is 0 Å². The van der Waals surface area contributed by atoms with Gasteiger partial charge in [-0.3, -0.25) is 4.89 Å². The van der Waals surface area contributed by atoms with Crippen molar-refractivity contribution in [3.8, 4) is 0 Å². The Bertz CT molecular complexity index is 380. The molecule has 0 atom stereocenters. The molecule has 4 heteroatoms. The fourth-order valence-corrected chi connectivity index (χ4v) is 1.96. The first-order chi connectivity index (χ1) is 6.88. The number of halogens is 1. The van der Waals surface area contributed by atoms with E-state index in [0.717, 1.165) is 0 Å². The largest absolute Gasteiger partial charge is 0.373 e. The molecule has 0 saturated heterocycles. The Morgan fingerprint density at radius 2 is 2.00 bits per heavy atom. The summed E-state index contributed by atoms with van der Waals surface area (Å²) in [6.45, 7) is 5.80. The summed E-state index contributed by atoms with van der Waals surface area (Å²) >= 11 is 6.03. The van der Waals surface area contributed by atoms with Crippen LogP contribution in [0.5, 0.6) is 0 Å². The minimum absolute atomic E-state index is 0.289. The molecule has 0 radical (unpaired) electrons. The van der Waals surface area contributed by atoms with Gasteiger partial charge in [-0.2, -0.15) is 5.26 Å². The molecule has 15 heavy (non-hydrogen) atoms. The van der Waals surface area contributed by atoms with Gasteiger partial charge in [0.2, 0.25) is 0 Å². The fourth-order valence-electron chi connectivity index (χ4n) is 1.51. The average molecular weight is 229 g/mol. The molecule has 0 fully saturated rings. The molecule has 1 rings (SSSR count). The van der Waals surface area contributed by atoms with E-state index in [1.54, 1.807) is 18.2 Å². The van der Waals surface area contributed by atoms with E-state index in [2.05, 4.69) is 4.89 Å². The van der Waals surface area contributed by atoms with Crippen LogP contribution in [-0.2, 0) is 10.3 Å². The van der Waals surface area contributed by atoms with Crippen LogP contribution in [0.1, 0.15) is 36.7 Å². The maximum absolute atomic E-state index is 11.3. The van der Waals surface area contributed by atoms with Crippen LogP contribution >= 0.6 is 11.6 Å². The lowest BCUT2D eigenvalue weighted by Gasteiger charge is -2.22. The Balaban J connectivity index is 3.40. The maximum atomic E-state index is 11.3. The highest BCUT2D eigenvalue weighted by Crippen LogP contribution is 2.32. The van der Waals surface area contributed by atoms with Crippen molar-refractivity contribution in [3.05, 3.63) is 34.3 Å². The quantitative estimate of drug-likeness (QED) is 0.593. The van der Waals surface area contributed by atoms with Gasteiger partial charge in [0.05, 0.1) is 5.56 Å². The Kier molecular flexibility index (Phi) is 3.37. The zero-order valence-corrected chi connectivity index (χ0v) is 9.63. The molecule has 1 aromatic carbocycles. The molecule has 0 bridgehead atoms. The monoisotopic (exact) mass is 228 g/mol. The van der Waals surface area contributed by atoms with Crippen molar-refractivity contribution in [2.75, 3.05) is 0 Å². The van der Waals surface area contributed by atoms with E-state index in [1.807, 2.05) is 20.8 Å². The lowest BCUT2D eigenvalue weighted by atomic mass is 9.83. The number of hydrogen-bond donors (Lipinski definition) is 1. The summed E-state index contributed by atoms with van der Waals surface area (Å²) in [5.41, 5.74) is 0.671. The molecule has 0 aliphatic rings. The van der Waals surface area contributed by atoms with Crippen molar-refractivity contribution < 1.29 is 14.9 Å². The van der Waals surface area contributed by atoms with Gasteiger partial charge in [0.15, 0.2) is 0 Å². The summed E-state index contributed by atoms with van der Waals surface area (Å²) < 4.78 is 0. The van der Waals surface area contributed by atoms with Gasteiger partial charge in [0, 0.05) is 5.02 Å². The number of carbonyl (C=O) groups excluding carboxylic acids is 1. The summed E-state index contributed by atoms with van der Waals surface area (Å²) in [7, 11) is 0. The smallest absolute Gasteiger partial charge is 0.295 e. The van der Waals surface area contributed by atoms with Crippen LogP contribution in [0.25, 0.3) is 0 Å². The molecule has 0 spiro atoms. The zero-order valence-electron chi connectivity index (χ0n) is 8.87. The minimum atomic E-state index is -0.789. The first-order valence-electron chi connectivity index (χ1n) is 4.52. The lowest BCUT2D eigenvalue weighted by Crippen LogP contribution is -2.18. The van der Waals surface area contributed by atoms with Gasteiger partial charge in [-0.15, -0.1) is 0 Å².